The molecule has 0 saturated heterocycles. The molecule has 3 N–H and O–H groups in total. The number of nitrogens with one attached hydrogen (secondary N) is 1. The predicted molar refractivity (Wildman–Crippen MR) is 137 cm³/mol. The molecule has 0 aromatic heterocycles. The molecule has 3 rings (SSSR count). The number of sulfonamides is 1. The number of ether oxygens (including phenoxy) is 1. The number of hydrogen-bond acceptors (Lipinski definition) is 6. The van der Waals surface area contributed by atoms with E-state index in [0.717, 1.165) is 0 Å². The fraction of sp³-hybridized carbons (Fsp3) is 0.423. The van der Waals surface area contributed by atoms with Crippen molar-refractivity contribution in [3.63, 3.8) is 0 Å². The number of hydrogen-bond donors (Lipinski definition) is 3. The van der Waals surface area contributed by atoms with Crippen LogP contribution in [-0.2, 0) is 10.0 Å². The number of aliphatic hydroxyl groups excluding tert-OH is 2. The van der Waals surface area contributed by atoms with Crippen LogP contribution in [0.1, 0.15) is 26.3 Å². The van der Waals surface area contributed by atoms with Crippen molar-refractivity contribution in [1.29, 1.82) is 0 Å². The minimum atomic E-state index is -3.99. The number of carbonyl (C=O) groups excluding carboxylic acids is 1. The quantitative estimate of drug-likeness (QED) is 0.526. The molecule has 10 heteroatoms. The summed E-state index contributed by atoms with van der Waals surface area (Å²) in [6.07, 6.45) is -1.40. The topological polar surface area (TPSA) is 119 Å². The highest BCUT2D eigenvalue weighted by Gasteiger charge is 2.38. The molecule has 2 aromatic rings. The maximum Gasteiger partial charge on any atom is 0.321 e. The van der Waals surface area contributed by atoms with E-state index in [1.54, 1.807) is 32.2 Å². The van der Waals surface area contributed by atoms with Crippen molar-refractivity contribution in [1.82, 2.24) is 9.21 Å². The Kier molecular flexibility index (Phi) is 8.98. The van der Waals surface area contributed by atoms with Crippen LogP contribution in [0.25, 0.3) is 0 Å². The van der Waals surface area contributed by atoms with Crippen molar-refractivity contribution in [2.24, 2.45) is 5.92 Å². The molecule has 1 heterocycles. The van der Waals surface area contributed by atoms with Gasteiger partial charge < -0.3 is 25.2 Å². The van der Waals surface area contributed by atoms with Crippen LogP contribution in [0.15, 0.2) is 53.4 Å². The molecule has 0 saturated carbocycles. The number of likely N-dealkylation sites (N-methyl/N-ethyl adjacent to an activating group) is 1. The first kappa shape index (κ1) is 27.5. The van der Waals surface area contributed by atoms with Gasteiger partial charge in [-0.2, -0.15) is 4.31 Å². The normalized spacial score (nSPS) is 20.8. The summed E-state index contributed by atoms with van der Waals surface area (Å²) in [6, 6.07) is 12.6. The maximum atomic E-state index is 13.5. The first-order chi connectivity index (χ1) is 17.0. The summed E-state index contributed by atoms with van der Waals surface area (Å²) in [7, 11) is -2.34. The van der Waals surface area contributed by atoms with Crippen LogP contribution >= 0.6 is 0 Å². The van der Waals surface area contributed by atoms with E-state index >= 15 is 0 Å². The average Bonchev–Trinajstić information content (AvgIpc) is 2.84. The van der Waals surface area contributed by atoms with E-state index in [1.165, 1.54) is 28.3 Å². The van der Waals surface area contributed by atoms with Gasteiger partial charge in [-0.15, -0.1) is 0 Å². The van der Waals surface area contributed by atoms with Gasteiger partial charge in [0.2, 0.25) is 10.0 Å². The van der Waals surface area contributed by atoms with E-state index in [1.807, 2.05) is 25.1 Å². The molecule has 0 bridgehead atoms. The summed E-state index contributed by atoms with van der Waals surface area (Å²) >= 11 is 0. The third-order valence-electron chi connectivity index (χ3n) is 5.92. The number of aliphatic hydroxyl groups is 2. The van der Waals surface area contributed by atoms with E-state index in [0.29, 0.717) is 11.3 Å². The summed E-state index contributed by atoms with van der Waals surface area (Å²) in [6.45, 7) is 4.97. The number of benzene rings is 2. The zero-order valence-corrected chi connectivity index (χ0v) is 21.7. The molecule has 2 aromatic carbocycles. The van der Waals surface area contributed by atoms with Gasteiger partial charge in [0.15, 0.2) is 0 Å². The summed E-state index contributed by atoms with van der Waals surface area (Å²) in [4.78, 5) is 14.2. The summed E-state index contributed by atoms with van der Waals surface area (Å²) < 4.78 is 34.6. The Morgan fingerprint density at radius 3 is 2.58 bits per heavy atom. The standard InChI is InChI=1S/C26H33N3O6S/c1-18-15-29(19(2)17-30)36(33,34)25-13-12-21(11-10-20(3)31)14-23(25)35-24(18)16-28(4)26(32)27-22-8-6-5-7-9-22/h5-9,12-14,18-20,24,30-31H,15-17H2,1-4H3,(H,27,32)/t18-,19-,20-,24+/m1/s1. The maximum absolute atomic E-state index is 13.5. The summed E-state index contributed by atoms with van der Waals surface area (Å²) in [5, 5.41) is 22.1. The molecular weight excluding hydrogens is 482 g/mol. The Labute approximate surface area is 212 Å². The lowest BCUT2D eigenvalue weighted by Gasteiger charge is -2.37. The molecule has 9 nitrogen and oxygen atoms in total. The second-order valence-electron chi connectivity index (χ2n) is 9.02. The third kappa shape index (κ3) is 6.56. The molecule has 1 aliphatic rings. The largest absolute Gasteiger partial charge is 0.487 e. The van der Waals surface area contributed by atoms with Gasteiger partial charge in [0.05, 0.1) is 13.2 Å². The number of nitrogens with zero attached hydrogens (tertiary/aromatic N) is 2. The molecule has 0 radical (unpaired) electrons. The Morgan fingerprint density at radius 1 is 1.25 bits per heavy atom. The van der Waals surface area contributed by atoms with Crippen molar-refractivity contribution < 1.29 is 28.2 Å². The van der Waals surface area contributed by atoms with Crippen LogP contribution in [0.2, 0.25) is 0 Å². The van der Waals surface area contributed by atoms with Gasteiger partial charge in [0.1, 0.15) is 22.9 Å². The highest BCUT2D eigenvalue weighted by Crippen LogP contribution is 2.34. The molecule has 0 unspecified atom stereocenters. The number of anilines is 1. The smallest absolute Gasteiger partial charge is 0.321 e. The SMILES string of the molecule is C[C@@H]1CN([C@H](C)CO)S(=O)(=O)c2ccc(C#C[C@@H](C)O)cc2O[C@H]1CN(C)C(=O)Nc1ccccc1. The van der Waals surface area contributed by atoms with E-state index in [4.69, 9.17) is 4.74 Å². The van der Waals surface area contributed by atoms with Crippen LogP contribution in [0.3, 0.4) is 0 Å². The number of fused-ring (bicyclic) bond motifs is 1. The highest BCUT2D eigenvalue weighted by atomic mass is 32.2. The molecule has 4 atom stereocenters. The van der Waals surface area contributed by atoms with Gasteiger partial charge >= 0.3 is 6.03 Å². The lowest BCUT2D eigenvalue weighted by molar-refractivity contribution is 0.0830. The Morgan fingerprint density at radius 2 is 1.94 bits per heavy atom. The molecule has 194 valence electrons. The van der Waals surface area contributed by atoms with Crippen molar-refractivity contribution in [2.45, 2.75) is 43.9 Å². The number of urea groups is 1. The number of amides is 2. The van der Waals surface area contributed by atoms with Crippen molar-refractivity contribution >= 4 is 21.7 Å². The third-order valence-corrected chi connectivity index (χ3v) is 7.94. The van der Waals surface area contributed by atoms with E-state index in [-0.39, 0.29) is 42.3 Å². The van der Waals surface area contributed by atoms with E-state index in [2.05, 4.69) is 17.2 Å². The molecule has 1 aliphatic heterocycles. The molecular formula is C26H33N3O6S. The van der Waals surface area contributed by atoms with Crippen molar-refractivity contribution in [3.8, 4) is 17.6 Å². The van der Waals surface area contributed by atoms with Crippen LogP contribution in [0.4, 0.5) is 10.5 Å². The van der Waals surface area contributed by atoms with Crippen LogP contribution in [0.5, 0.6) is 5.75 Å². The molecule has 0 fully saturated rings. The minimum Gasteiger partial charge on any atom is -0.487 e. The van der Waals surface area contributed by atoms with Gasteiger partial charge in [-0.05, 0) is 44.2 Å². The molecule has 36 heavy (non-hydrogen) atoms. The van der Waals surface area contributed by atoms with Crippen molar-refractivity contribution in [2.75, 3.05) is 32.1 Å². The Hall–Kier alpha value is -3.10. The van der Waals surface area contributed by atoms with E-state index < -0.39 is 28.3 Å². The molecule has 0 aliphatic carbocycles. The number of carbonyl (C=O) groups is 1. The Balaban J connectivity index is 1.96. The summed E-state index contributed by atoms with van der Waals surface area (Å²) in [5.41, 5.74) is 1.13. The fourth-order valence-corrected chi connectivity index (χ4v) is 5.63. The van der Waals surface area contributed by atoms with Gasteiger partial charge in [0.25, 0.3) is 0 Å². The number of para-hydroxylation sites is 1. The zero-order valence-electron chi connectivity index (χ0n) is 20.9. The molecule has 0 spiro atoms. The minimum absolute atomic E-state index is 0.0429. The van der Waals surface area contributed by atoms with Crippen LogP contribution in [0, 0.1) is 17.8 Å². The number of rotatable bonds is 5. The second-order valence-corrected chi connectivity index (χ2v) is 10.9. The van der Waals surface area contributed by atoms with Gasteiger partial charge in [0, 0.05) is 36.8 Å². The van der Waals surface area contributed by atoms with Crippen molar-refractivity contribution in [3.05, 3.63) is 54.1 Å². The molecule has 2 amide bonds. The second kappa shape index (κ2) is 11.8. The first-order valence-corrected chi connectivity index (χ1v) is 13.2. The fourth-order valence-electron chi connectivity index (χ4n) is 3.80. The average molecular weight is 516 g/mol. The van der Waals surface area contributed by atoms with Gasteiger partial charge in [-0.25, -0.2) is 13.2 Å². The zero-order chi connectivity index (χ0) is 26.5. The lowest BCUT2D eigenvalue weighted by atomic mass is 10.0. The highest BCUT2D eigenvalue weighted by molar-refractivity contribution is 7.89. The Bertz CT molecular complexity index is 1220. The predicted octanol–water partition coefficient (Wildman–Crippen LogP) is 2.35. The van der Waals surface area contributed by atoms with Gasteiger partial charge in [-0.1, -0.05) is 37.0 Å². The monoisotopic (exact) mass is 515 g/mol. The van der Waals surface area contributed by atoms with Crippen LogP contribution in [-0.4, -0.2) is 78.9 Å². The lowest BCUT2D eigenvalue weighted by Crippen LogP contribution is -2.50. The first-order valence-electron chi connectivity index (χ1n) is 11.7. The van der Waals surface area contributed by atoms with Gasteiger partial charge in [-0.3, -0.25) is 0 Å². The van der Waals surface area contributed by atoms with E-state index in [9.17, 15) is 23.4 Å². The summed E-state index contributed by atoms with van der Waals surface area (Å²) in [5.74, 6) is 5.24. The van der Waals surface area contributed by atoms with Crippen LogP contribution < -0.4 is 10.1 Å².